The number of hydrogen-bond acceptors (Lipinski definition) is 5. The molecule has 170 valence electrons. The van der Waals surface area contributed by atoms with Crippen molar-refractivity contribution in [3.05, 3.63) is 87.9 Å². The van der Waals surface area contributed by atoms with Crippen molar-refractivity contribution in [3.8, 4) is 11.5 Å². The molecule has 0 atom stereocenters. The fourth-order valence-corrected chi connectivity index (χ4v) is 3.12. The molecule has 0 aliphatic carbocycles. The number of halogens is 1. The standard InChI is InChI=1S/C25H24ClN3O4/c1-16-4-10-21(17(2)12-16)28-24(30)15-33-22-11-5-18(13-23(22)32-3)14-27-29-25(31)19-6-8-20(26)9-7-19/h4-14H,15H2,1-3H3,(H,28,30)(H,29,31)/b27-14+. The van der Waals surface area contributed by atoms with Gasteiger partial charge in [0.1, 0.15) is 0 Å². The molecule has 0 aliphatic rings. The molecule has 3 aromatic carbocycles. The van der Waals surface area contributed by atoms with Crippen LogP contribution in [0.15, 0.2) is 65.8 Å². The summed E-state index contributed by atoms with van der Waals surface area (Å²) in [4.78, 5) is 24.4. The number of anilines is 1. The van der Waals surface area contributed by atoms with Crippen molar-refractivity contribution >= 4 is 35.3 Å². The molecule has 0 heterocycles. The Morgan fingerprint density at radius 1 is 1.00 bits per heavy atom. The van der Waals surface area contributed by atoms with Gasteiger partial charge in [-0.2, -0.15) is 5.10 Å². The highest BCUT2D eigenvalue weighted by atomic mass is 35.5. The predicted molar refractivity (Wildman–Crippen MR) is 130 cm³/mol. The van der Waals surface area contributed by atoms with Crippen LogP contribution in [0.4, 0.5) is 5.69 Å². The van der Waals surface area contributed by atoms with Crippen LogP contribution in [0.25, 0.3) is 0 Å². The van der Waals surface area contributed by atoms with E-state index in [4.69, 9.17) is 21.1 Å². The van der Waals surface area contributed by atoms with Gasteiger partial charge in [-0.3, -0.25) is 9.59 Å². The summed E-state index contributed by atoms with van der Waals surface area (Å²) in [5.74, 6) is 0.210. The third-order valence-corrected chi connectivity index (χ3v) is 4.94. The zero-order valence-corrected chi connectivity index (χ0v) is 19.3. The number of carbonyl (C=O) groups is 2. The van der Waals surface area contributed by atoms with Gasteiger partial charge in [-0.05, 0) is 73.5 Å². The summed E-state index contributed by atoms with van der Waals surface area (Å²) < 4.78 is 11.0. The van der Waals surface area contributed by atoms with Crippen molar-refractivity contribution in [2.75, 3.05) is 19.0 Å². The van der Waals surface area contributed by atoms with Gasteiger partial charge in [-0.25, -0.2) is 5.43 Å². The van der Waals surface area contributed by atoms with E-state index in [1.807, 2.05) is 32.0 Å². The van der Waals surface area contributed by atoms with E-state index in [2.05, 4.69) is 15.8 Å². The van der Waals surface area contributed by atoms with Gasteiger partial charge in [0.2, 0.25) is 0 Å². The van der Waals surface area contributed by atoms with E-state index < -0.39 is 0 Å². The smallest absolute Gasteiger partial charge is 0.271 e. The number of rotatable bonds is 8. The van der Waals surface area contributed by atoms with E-state index in [-0.39, 0.29) is 18.4 Å². The maximum atomic E-state index is 12.3. The van der Waals surface area contributed by atoms with Crippen LogP contribution in [-0.4, -0.2) is 31.7 Å². The van der Waals surface area contributed by atoms with E-state index in [0.29, 0.717) is 27.6 Å². The van der Waals surface area contributed by atoms with Gasteiger partial charge >= 0.3 is 0 Å². The van der Waals surface area contributed by atoms with Gasteiger partial charge in [0, 0.05) is 16.3 Å². The van der Waals surface area contributed by atoms with Gasteiger partial charge in [-0.15, -0.1) is 0 Å². The highest BCUT2D eigenvalue weighted by Crippen LogP contribution is 2.27. The molecule has 0 bridgehead atoms. The number of hydrogen-bond donors (Lipinski definition) is 2. The SMILES string of the molecule is COc1cc(/C=N/NC(=O)c2ccc(Cl)cc2)ccc1OCC(=O)Nc1ccc(C)cc1C. The third-order valence-electron chi connectivity index (χ3n) is 4.69. The summed E-state index contributed by atoms with van der Waals surface area (Å²) in [6, 6.07) is 17.4. The number of nitrogens with one attached hydrogen (secondary N) is 2. The molecule has 0 aliphatic heterocycles. The first kappa shape index (κ1) is 23.8. The number of benzene rings is 3. The number of nitrogens with zero attached hydrogens (tertiary/aromatic N) is 1. The van der Waals surface area contributed by atoms with E-state index in [0.717, 1.165) is 16.8 Å². The molecule has 2 N–H and O–H groups in total. The van der Waals surface area contributed by atoms with Gasteiger partial charge in [0.15, 0.2) is 18.1 Å². The lowest BCUT2D eigenvalue weighted by Crippen LogP contribution is -2.20. The maximum Gasteiger partial charge on any atom is 0.271 e. The Morgan fingerprint density at radius 3 is 2.45 bits per heavy atom. The largest absolute Gasteiger partial charge is 0.493 e. The average Bonchev–Trinajstić information content (AvgIpc) is 2.80. The Morgan fingerprint density at radius 2 is 1.76 bits per heavy atom. The van der Waals surface area contributed by atoms with Crippen molar-refractivity contribution in [1.29, 1.82) is 0 Å². The molecule has 7 nitrogen and oxygen atoms in total. The molecule has 0 radical (unpaired) electrons. The Balaban J connectivity index is 1.57. The zero-order valence-electron chi connectivity index (χ0n) is 18.5. The van der Waals surface area contributed by atoms with E-state index in [9.17, 15) is 9.59 Å². The molecule has 0 saturated carbocycles. The number of aryl methyl sites for hydroxylation is 2. The van der Waals surface area contributed by atoms with Crippen molar-refractivity contribution in [2.24, 2.45) is 5.10 Å². The van der Waals surface area contributed by atoms with E-state index >= 15 is 0 Å². The van der Waals surface area contributed by atoms with Crippen LogP contribution < -0.4 is 20.2 Å². The van der Waals surface area contributed by atoms with Crippen molar-refractivity contribution in [2.45, 2.75) is 13.8 Å². The Hall–Kier alpha value is -3.84. The summed E-state index contributed by atoms with van der Waals surface area (Å²) in [6.45, 7) is 3.76. The third kappa shape index (κ3) is 6.82. The normalized spacial score (nSPS) is 10.7. The van der Waals surface area contributed by atoms with Crippen LogP contribution in [0.5, 0.6) is 11.5 Å². The van der Waals surface area contributed by atoms with Crippen LogP contribution in [0.1, 0.15) is 27.0 Å². The summed E-state index contributed by atoms with van der Waals surface area (Å²) in [6.07, 6.45) is 1.48. The minimum atomic E-state index is -0.357. The molecule has 0 unspecified atom stereocenters. The first-order valence-corrected chi connectivity index (χ1v) is 10.5. The predicted octanol–water partition coefficient (Wildman–Crippen LogP) is 4.75. The highest BCUT2D eigenvalue weighted by Gasteiger charge is 2.10. The molecule has 0 fully saturated rings. The lowest BCUT2D eigenvalue weighted by molar-refractivity contribution is -0.118. The number of hydrazone groups is 1. The number of carbonyl (C=O) groups excluding carboxylic acids is 2. The quantitative estimate of drug-likeness (QED) is 0.371. The molecule has 3 rings (SSSR count). The van der Waals surface area contributed by atoms with Crippen LogP contribution in [0, 0.1) is 13.8 Å². The second-order valence-electron chi connectivity index (χ2n) is 7.27. The highest BCUT2D eigenvalue weighted by molar-refractivity contribution is 6.30. The second kappa shape index (κ2) is 11.2. The van der Waals surface area contributed by atoms with Crippen LogP contribution in [-0.2, 0) is 4.79 Å². The molecule has 3 aromatic rings. The van der Waals surface area contributed by atoms with Gasteiger partial charge in [0.05, 0.1) is 13.3 Å². The van der Waals surface area contributed by atoms with Crippen LogP contribution in [0.2, 0.25) is 5.02 Å². The Kier molecular flexibility index (Phi) is 8.05. The Labute approximate surface area is 197 Å². The summed E-state index contributed by atoms with van der Waals surface area (Å²) in [7, 11) is 1.50. The van der Waals surface area contributed by atoms with Crippen molar-refractivity contribution in [1.82, 2.24) is 5.43 Å². The first-order chi connectivity index (χ1) is 15.9. The average molecular weight is 466 g/mol. The van der Waals surface area contributed by atoms with Gasteiger partial charge in [0.25, 0.3) is 11.8 Å². The fourth-order valence-electron chi connectivity index (χ4n) is 3.00. The minimum absolute atomic E-state index is 0.172. The van der Waals surface area contributed by atoms with Crippen LogP contribution >= 0.6 is 11.6 Å². The van der Waals surface area contributed by atoms with Gasteiger partial charge < -0.3 is 14.8 Å². The molecule has 0 spiro atoms. The maximum absolute atomic E-state index is 12.3. The van der Waals surface area contributed by atoms with Crippen LogP contribution in [0.3, 0.4) is 0 Å². The first-order valence-electron chi connectivity index (χ1n) is 10.1. The molecule has 8 heteroatoms. The van der Waals surface area contributed by atoms with E-state index in [1.165, 1.54) is 13.3 Å². The number of methoxy groups -OCH3 is 1. The molecular weight excluding hydrogens is 442 g/mol. The minimum Gasteiger partial charge on any atom is -0.493 e. The van der Waals surface area contributed by atoms with Crippen molar-refractivity contribution in [3.63, 3.8) is 0 Å². The van der Waals surface area contributed by atoms with E-state index in [1.54, 1.807) is 42.5 Å². The molecule has 0 saturated heterocycles. The Bertz CT molecular complexity index is 1180. The summed E-state index contributed by atoms with van der Waals surface area (Å²) in [5.41, 5.74) is 6.42. The lowest BCUT2D eigenvalue weighted by atomic mass is 10.1. The summed E-state index contributed by atoms with van der Waals surface area (Å²) in [5, 5.41) is 7.35. The number of ether oxygens (including phenoxy) is 2. The molecular formula is C25H24ClN3O4. The second-order valence-corrected chi connectivity index (χ2v) is 7.71. The molecule has 33 heavy (non-hydrogen) atoms. The van der Waals surface area contributed by atoms with Gasteiger partial charge in [-0.1, -0.05) is 29.3 Å². The molecule has 0 aromatic heterocycles. The molecule has 2 amide bonds. The fraction of sp³-hybridized carbons (Fsp3) is 0.160. The lowest BCUT2D eigenvalue weighted by Gasteiger charge is -2.12. The summed E-state index contributed by atoms with van der Waals surface area (Å²) >= 11 is 5.82. The monoisotopic (exact) mass is 465 g/mol. The topological polar surface area (TPSA) is 89.0 Å². The number of amides is 2. The van der Waals surface area contributed by atoms with Crippen molar-refractivity contribution < 1.29 is 19.1 Å². The zero-order chi connectivity index (χ0) is 23.8.